The van der Waals surface area contributed by atoms with Gasteiger partial charge < -0.3 is 9.52 Å². The Morgan fingerprint density at radius 1 is 1.40 bits per heavy atom. The second-order valence-corrected chi connectivity index (χ2v) is 5.37. The highest BCUT2D eigenvalue weighted by Gasteiger charge is 2.26. The second kappa shape index (κ2) is 6.45. The number of hydrogen-bond donors (Lipinski definition) is 1. The zero-order valence-electron chi connectivity index (χ0n) is 13.3. The van der Waals surface area contributed by atoms with Gasteiger partial charge in [0, 0.05) is 12.4 Å². The molecule has 0 bridgehead atoms. The van der Waals surface area contributed by atoms with Crippen LogP contribution in [0.4, 0.5) is 0 Å². The number of nitriles is 1. The predicted octanol–water partition coefficient (Wildman–Crippen LogP) is 2.00. The van der Waals surface area contributed by atoms with Crippen LogP contribution in [0, 0.1) is 18.3 Å². The molecule has 7 heteroatoms. The molecular formula is C18H13N3O4. The summed E-state index contributed by atoms with van der Waals surface area (Å²) in [6.07, 6.45) is 4.44. The largest absolute Gasteiger partial charge is 0.494 e. The van der Waals surface area contributed by atoms with Crippen LogP contribution in [-0.2, 0) is 6.54 Å². The third-order valence-corrected chi connectivity index (χ3v) is 3.84. The number of aromatic nitrogens is 2. The van der Waals surface area contributed by atoms with Gasteiger partial charge in [0.1, 0.15) is 11.6 Å². The van der Waals surface area contributed by atoms with E-state index in [0.29, 0.717) is 5.56 Å². The van der Waals surface area contributed by atoms with Crippen LogP contribution >= 0.6 is 0 Å². The first-order valence-corrected chi connectivity index (χ1v) is 7.38. The van der Waals surface area contributed by atoms with E-state index in [4.69, 9.17) is 4.42 Å². The highest BCUT2D eigenvalue weighted by molar-refractivity contribution is 6.09. The molecule has 0 aromatic carbocycles. The first kappa shape index (κ1) is 16.2. The number of rotatable bonds is 4. The van der Waals surface area contributed by atoms with E-state index in [0.717, 1.165) is 4.57 Å². The lowest BCUT2D eigenvalue weighted by Gasteiger charge is -2.14. The van der Waals surface area contributed by atoms with Gasteiger partial charge in [-0.25, -0.2) is 0 Å². The second-order valence-electron chi connectivity index (χ2n) is 5.37. The molecule has 0 aliphatic carbocycles. The first-order valence-electron chi connectivity index (χ1n) is 7.38. The van der Waals surface area contributed by atoms with E-state index in [1.165, 1.54) is 31.5 Å². The van der Waals surface area contributed by atoms with Gasteiger partial charge in [-0.05, 0) is 36.2 Å². The minimum Gasteiger partial charge on any atom is -0.494 e. The molecule has 0 saturated heterocycles. The Kier molecular flexibility index (Phi) is 4.18. The zero-order chi connectivity index (χ0) is 18.0. The maximum Gasteiger partial charge on any atom is 0.271 e. The summed E-state index contributed by atoms with van der Waals surface area (Å²) in [5, 5.41) is 19.9. The number of carbonyl (C=O) groups excluding carboxylic acids is 1. The summed E-state index contributed by atoms with van der Waals surface area (Å²) in [5.41, 5.74) is -0.234. The van der Waals surface area contributed by atoms with E-state index in [9.17, 15) is 20.0 Å². The number of pyridine rings is 2. The van der Waals surface area contributed by atoms with E-state index in [1.54, 1.807) is 18.3 Å². The average molecular weight is 335 g/mol. The number of aromatic hydroxyl groups is 1. The Hall–Kier alpha value is -3.66. The van der Waals surface area contributed by atoms with Gasteiger partial charge in [-0.3, -0.25) is 19.1 Å². The standard InChI is InChI=1S/C18H13N3O4/c1-11-13(8-19)17(23)21(10-12-4-2-6-20-9-12)18(24)15(11)16(22)14-5-3-7-25-14/h2-7,9,24H,10H2,1H3. The van der Waals surface area contributed by atoms with Crippen molar-refractivity contribution in [3.05, 3.63) is 81.3 Å². The van der Waals surface area contributed by atoms with Gasteiger partial charge in [-0.1, -0.05) is 6.07 Å². The van der Waals surface area contributed by atoms with Crippen LogP contribution in [0.2, 0.25) is 0 Å². The molecule has 0 fully saturated rings. The Bertz CT molecular complexity index is 1030. The summed E-state index contributed by atoms with van der Waals surface area (Å²) >= 11 is 0. The lowest BCUT2D eigenvalue weighted by Crippen LogP contribution is -2.27. The van der Waals surface area contributed by atoms with Gasteiger partial charge in [-0.2, -0.15) is 5.26 Å². The molecule has 3 aromatic heterocycles. The normalized spacial score (nSPS) is 10.4. The van der Waals surface area contributed by atoms with Crippen molar-refractivity contribution in [3.63, 3.8) is 0 Å². The van der Waals surface area contributed by atoms with Gasteiger partial charge in [0.25, 0.3) is 5.56 Å². The Morgan fingerprint density at radius 2 is 2.20 bits per heavy atom. The summed E-state index contributed by atoms with van der Waals surface area (Å²) in [6, 6.07) is 8.21. The monoisotopic (exact) mass is 335 g/mol. The number of ketones is 1. The van der Waals surface area contributed by atoms with Crippen molar-refractivity contribution in [2.24, 2.45) is 0 Å². The maximum atomic E-state index is 12.6. The van der Waals surface area contributed by atoms with Gasteiger partial charge in [-0.15, -0.1) is 0 Å². The van der Waals surface area contributed by atoms with Crippen LogP contribution in [0.5, 0.6) is 5.88 Å². The lowest BCUT2D eigenvalue weighted by atomic mass is 10.0. The molecule has 0 amide bonds. The fourth-order valence-electron chi connectivity index (χ4n) is 2.57. The average Bonchev–Trinajstić information content (AvgIpc) is 3.14. The fourth-order valence-corrected chi connectivity index (χ4v) is 2.57. The van der Waals surface area contributed by atoms with E-state index in [2.05, 4.69) is 4.98 Å². The molecule has 0 unspecified atom stereocenters. The van der Waals surface area contributed by atoms with Gasteiger partial charge in [0.2, 0.25) is 11.7 Å². The molecule has 1 N–H and O–H groups in total. The molecule has 3 rings (SSSR count). The van der Waals surface area contributed by atoms with Crippen LogP contribution < -0.4 is 5.56 Å². The van der Waals surface area contributed by atoms with E-state index in [1.807, 2.05) is 6.07 Å². The van der Waals surface area contributed by atoms with Crippen LogP contribution in [-0.4, -0.2) is 20.4 Å². The fraction of sp³-hybridized carbons (Fsp3) is 0.111. The minimum absolute atomic E-state index is 0.00821. The smallest absolute Gasteiger partial charge is 0.271 e. The molecule has 0 atom stereocenters. The van der Waals surface area contributed by atoms with Crippen molar-refractivity contribution in [3.8, 4) is 11.9 Å². The summed E-state index contributed by atoms with van der Waals surface area (Å²) in [4.78, 5) is 29.1. The van der Waals surface area contributed by atoms with Gasteiger partial charge in [0.05, 0.1) is 18.4 Å². The number of carbonyl (C=O) groups is 1. The first-order chi connectivity index (χ1) is 12.0. The summed E-state index contributed by atoms with van der Waals surface area (Å²) < 4.78 is 6.07. The lowest BCUT2D eigenvalue weighted by molar-refractivity contribution is 0.100. The molecule has 0 aliphatic heterocycles. The van der Waals surface area contributed by atoms with Crippen molar-refractivity contribution < 1.29 is 14.3 Å². The molecule has 7 nitrogen and oxygen atoms in total. The Balaban J connectivity index is 2.23. The van der Waals surface area contributed by atoms with Crippen LogP contribution in [0.1, 0.15) is 32.8 Å². The molecule has 0 aliphatic rings. The van der Waals surface area contributed by atoms with Crippen molar-refractivity contribution >= 4 is 5.78 Å². The summed E-state index contributed by atoms with van der Waals surface area (Å²) in [7, 11) is 0. The minimum atomic E-state index is -0.669. The molecule has 0 saturated carbocycles. The quantitative estimate of drug-likeness (QED) is 0.730. The third-order valence-electron chi connectivity index (χ3n) is 3.84. The Labute approximate surface area is 142 Å². The highest BCUT2D eigenvalue weighted by atomic mass is 16.3. The van der Waals surface area contributed by atoms with Crippen LogP contribution in [0.3, 0.4) is 0 Å². The molecule has 0 spiro atoms. The molecule has 25 heavy (non-hydrogen) atoms. The van der Waals surface area contributed by atoms with Gasteiger partial charge >= 0.3 is 0 Å². The van der Waals surface area contributed by atoms with E-state index >= 15 is 0 Å². The predicted molar refractivity (Wildman–Crippen MR) is 87.3 cm³/mol. The van der Waals surface area contributed by atoms with Crippen molar-refractivity contribution in [2.75, 3.05) is 0 Å². The molecular weight excluding hydrogens is 322 g/mol. The topological polar surface area (TPSA) is 109 Å². The number of nitrogens with zero attached hydrogens (tertiary/aromatic N) is 3. The highest BCUT2D eigenvalue weighted by Crippen LogP contribution is 2.25. The van der Waals surface area contributed by atoms with Crippen LogP contribution in [0.25, 0.3) is 0 Å². The zero-order valence-corrected chi connectivity index (χ0v) is 13.3. The SMILES string of the molecule is Cc1c(C(=O)c2ccco2)c(O)n(Cc2cccnc2)c(=O)c1C#N. The van der Waals surface area contributed by atoms with E-state index < -0.39 is 17.2 Å². The molecule has 124 valence electrons. The Morgan fingerprint density at radius 3 is 2.80 bits per heavy atom. The van der Waals surface area contributed by atoms with E-state index in [-0.39, 0.29) is 29.0 Å². The van der Waals surface area contributed by atoms with Crippen LogP contribution in [0.15, 0.2) is 52.1 Å². The third kappa shape index (κ3) is 2.81. The summed E-state index contributed by atoms with van der Waals surface area (Å²) in [6.45, 7) is 1.43. The van der Waals surface area contributed by atoms with Crippen molar-refractivity contribution in [1.82, 2.24) is 9.55 Å². The van der Waals surface area contributed by atoms with Crippen molar-refractivity contribution in [1.29, 1.82) is 5.26 Å². The maximum absolute atomic E-state index is 12.6. The molecule has 3 heterocycles. The van der Waals surface area contributed by atoms with Gasteiger partial charge in [0.15, 0.2) is 5.76 Å². The molecule has 0 radical (unpaired) electrons. The number of hydrogen-bond acceptors (Lipinski definition) is 6. The number of furan rings is 1. The molecule has 3 aromatic rings. The van der Waals surface area contributed by atoms with Crippen molar-refractivity contribution in [2.45, 2.75) is 13.5 Å². The summed E-state index contributed by atoms with van der Waals surface area (Å²) in [5.74, 6) is -1.10.